The minimum Gasteiger partial charge on any atom is -0.462 e. The average Bonchev–Trinajstić information content (AvgIpc) is 2.46. The molecule has 1 fully saturated rings. The Bertz CT molecular complexity index is 506. The fourth-order valence-electron chi connectivity index (χ4n) is 2.58. The average molecular weight is 373 g/mol. The first-order chi connectivity index (χ1) is 10.0. The number of carbonyl (C=O) groups is 1. The number of benzene rings is 1. The van der Waals surface area contributed by atoms with Gasteiger partial charge in [-0.2, -0.15) is 0 Å². The second-order valence-electron chi connectivity index (χ2n) is 5.31. The Morgan fingerprint density at radius 1 is 1.48 bits per heavy atom. The molecule has 0 N–H and O–H groups in total. The number of hydrogen-bond acceptors (Lipinski definition) is 4. The third-order valence-electron chi connectivity index (χ3n) is 3.73. The van der Waals surface area contributed by atoms with Crippen LogP contribution in [0.1, 0.15) is 42.6 Å². The first kappa shape index (κ1) is 16.8. The molecule has 1 saturated heterocycles. The molecule has 1 aromatic rings. The molecule has 1 aliphatic rings. The van der Waals surface area contributed by atoms with Crippen molar-refractivity contribution in [3.8, 4) is 0 Å². The highest BCUT2D eigenvalue weighted by atomic mass is 79.9. The number of thioether (sulfide) groups is 1. The molecule has 0 aromatic heterocycles. The van der Waals surface area contributed by atoms with Crippen LogP contribution in [-0.2, 0) is 19.6 Å². The van der Waals surface area contributed by atoms with Gasteiger partial charge in [0.05, 0.1) is 6.10 Å². The van der Waals surface area contributed by atoms with Crippen molar-refractivity contribution in [2.45, 2.75) is 49.7 Å². The van der Waals surface area contributed by atoms with Crippen molar-refractivity contribution in [2.24, 2.45) is 0 Å². The maximum atomic E-state index is 11.2. The lowest BCUT2D eigenvalue weighted by atomic mass is 9.96. The molecule has 0 bridgehead atoms. The van der Waals surface area contributed by atoms with E-state index in [0.717, 1.165) is 23.7 Å². The predicted molar refractivity (Wildman–Crippen MR) is 89.7 cm³/mol. The second-order valence-corrected chi connectivity index (χ2v) is 6.87. The van der Waals surface area contributed by atoms with Crippen LogP contribution < -0.4 is 0 Å². The number of alkyl halides is 1. The number of rotatable bonds is 4. The Balaban J connectivity index is 2.18. The Kier molecular flexibility index (Phi) is 6.14. The first-order valence-electron chi connectivity index (χ1n) is 7.04. The molecule has 1 aliphatic heterocycles. The van der Waals surface area contributed by atoms with Crippen LogP contribution in [0.15, 0.2) is 18.2 Å². The maximum absolute atomic E-state index is 11.2. The number of esters is 1. The zero-order chi connectivity index (χ0) is 15.4. The zero-order valence-corrected chi connectivity index (χ0v) is 15.0. The van der Waals surface area contributed by atoms with Crippen molar-refractivity contribution < 1.29 is 14.3 Å². The molecule has 1 heterocycles. The van der Waals surface area contributed by atoms with Gasteiger partial charge in [-0.1, -0.05) is 34.1 Å². The summed E-state index contributed by atoms with van der Waals surface area (Å²) in [5.74, 6) is -0.217. The molecule has 1 aromatic carbocycles. The molecule has 0 aliphatic carbocycles. The summed E-state index contributed by atoms with van der Waals surface area (Å²) in [6.07, 6.45) is 3.43. The molecule has 0 unspecified atom stereocenters. The van der Waals surface area contributed by atoms with Crippen LogP contribution in [0.2, 0.25) is 0 Å². The SMILES string of the molecule is CS[C@@H]1C[C@H](OC(C)=O)C[C@H](c2ccc(C)c(CBr)c2)O1. The summed E-state index contributed by atoms with van der Waals surface area (Å²) < 4.78 is 11.5. The molecule has 0 saturated carbocycles. The topological polar surface area (TPSA) is 35.5 Å². The fourth-order valence-corrected chi connectivity index (χ4v) is 3.83. The van der Waals surface area contributed by atoms with E-state index in [-0.39, 0.29) is 23.6 Å². The standard InChI is InChI=1S/C16H21BrO3S/c1-10-4-5-12(6-13(10)9-17)15-7-14(19-11(2)18)8-16(20-15)21-3/h4-6,14-16H,7-9H2,1-3H3/t14-,15-,16-/m1/s1. The van der Waals surface area contributed by atoms with Crippen LogP contribution in [0.4, 0.5) is 0 Å². The predicted octanol–water partition coefficient (Wildman–Crippen LogP) is 4.36. The highest BCUT2D eigenvalue weighted by molar-refractivity contribution is 9.08. The van der Waals surface area contributed by atoms with E-state index in [9.17, 15) is 4.79 Å². The lowest BCUT2D eigenvalue weighted by Crippen LogP contribution is -2.32. The maximum Gasteiger partial charge on any atom is 0.302 e. The summed E-state index contributed by atoms with van der Waals surface area (Å²) in [6.45, 7) is 3.57. The summed E-state index contributed by atoms with van der Waals surface area (Å²) >= 11 is 5.19. The van der Waals surface area contributed by atoms with Gasteiger partial charge in [-0.3, -0.25) is 4.79 Å². The summed E-state index contributed by atoms with van der Waals surface area (Å²) in [6, 6.07) is 6.42. The van der Waals surface area contributed by atoms with Crippen LogP contribution in [0.3, 0.4) is 0 Å². The van der Waals surface area contributed by atoms with Crippen LogP contribution in [0, 0.1) is 6.92 Å². The molecule has 3 nitrogen and oxygen atoms in total. The van der Waals surface area contributed by atoms with E-state index in [1.807, 2.05) is 6.26 Å². The van der Waals surface area contributed by atoms with Gasteiger partial charge in [-0.05, 0) is 29.9 Å². The van der Waals surface area contributed by atoms with Crippen molar-refractivity contribution >= 4 is 33.7 Å². The Labute approximate surface area is 138 Å². The van der Waals surface area contributed by atoms with Crippen LogP contribution in [0.25, 0.3) is 0 Å². The third kappa shape index (κ3) is 4.47. The summed E-state index contributed by atoms with van der Waals surface area (Å²) in [5.41, 5.74) is 3.77. The van der Waals surface area contributed by atoms with Crippen molar-refractivity contribution in [3.05, 3.63) is 34.9 Å². The van der Waals surface area contributed by atoms with Crippen LogP contribution in [0.5, 0.6) is 0 Å². The number of ether oxygens (including phenoxy) is 2. The largest absolute Gasteiger partial charge is 0.462 e. The molecular formula is C16H21BrO3S. The van der Waals surface area contributed by atoms with Gasteiger partial charge in [0, 0.05) is 25.1 Å². The molecular weight excluding hydrogens is 352 g/mol. The van der Waals surface area contributed by atoms with Gasteiger partial charge in [-0.15, -0.1) is 11.8 Å². The fraction of sp³-hybridized carbons (Fsp3) is 0.562. The molecule has 21 heavy (non-hydrogen) atoms. The second kappa shape index (κ2) is 7.65. The van der Waals surface area contributed by atoms with E-state index in [2.05, 4.69) is 41.1 Å². The summed E-state index contributed by atoms with van der Waals surface area (Å²) in [7, 11) is 0. The molecule has 0 radical (unpaired) electrons. The molecule has 0 amide bonds. The molecule has 3 atom stereocenters. The summed E-state index contributed by atoms with van der Waals surface area (Å²) in [4.78, 5) is 11.2. The van der Waals surface area contributed by atoms with Gasteiger partial charge < -0.3 is 9.47 Å². The van der Waals surface area contributed by atoms with E-state index < -0.39 is 0 Å². The van der Waals surface area contributed by atoms with Gasteiger partial charge in [0.2, 0.25) is 0 Å². The lowest BCUT2D eigenvalue weighted by molar-refractivity contribution is -0.155. The van der Waals surface area contributed by atoms with Gasteiger partial charge >= 0.3 is 5.97 Å². The van der Waals surface area contributed by atoms with Crippen LogP contribution in [-0.4, -0.2) is 23.8 Å². The minimum atomic E-state index is -0.217. The molecule has 5 heteroatoms. The van der Waals surface area contributed by atoms with Crippen molar-refractivity contribution in [3.63, 3.8) is 0 Å². The lowest BCUT2D eigenvalue weighted by Gasteiger charge is -2.34. The van der Waals surface area contributed by atoms with Gasteiger partial charge in [0.15, 0.2) is 0 Å². The van der Waals surface area contributed by atoms with Gasteiger partial charge in [0.1, 0.15) is 11.5 Å². The van der Waals surface area contributed by atoms with E-state index in [0.29, 0.717) is 0 Å². The van der Waals surface area contributed by atoms with E-state index >= 15 is 0 Å². The Morgan fingerprint density at radius 2 is 2.24 bits per heavy atom. The number of aryl methyl sites for hydroxylation is 1. The Morgan fingerprint density at radius 3 is 2.86 bits per heavy atom. The molecule has 116 valence electrons. The molecule has 2 rings (SSSR count). The van der Waals surface area contributed by atoms with Crippen molar-refractivity contribution in [1.29, 1.82) is 0 Å². The number of carbonyl (C=O) groups excluding carboxylic acids is 1. The third-order valence-corrected chi connectivity index (χ3v) is 5.17. The summed E-state index contributed by atoms with van der Waals surface area (Å²) in [5, 5.41) is 0.832. The highest BCUT2D eigenvalue weighted by Crippen LogP contribution is 2.37. The van der Waals surface area contributed by atoms with E-state index in [1.165, 1.54) is 18.1 Å². The van der Waals surface area contributed by atoms with Crippen LogP contribution >= 0.6 is 27.7 Å². The van der Waals surface area contributed by atoms with Crippen molar-refractivity contribution in [2.75, 3.05) is 6.26 Å². The van der Waals surface area contributed by atoms with Gasteiger partial charge in [-0.25, -0.2) is 0 Å². The normalized spacial score (nSPS) is 25.6. The highest BCUT2D eigenvalue weighted by Gasteiger charge is 2.32. The zero-order valence-electron chi connectivity index (χ0n) is 12.6. The Hall–Kier alpha value is -0.520. The smallest absolute Gasteiger partial charge is 0.302 e. The monoisotopic (exact) mass is 372 g/mol. The van der Waals surface area contributed by atoms with E-state index in [1.54, 1.807) is 11.8 Å². The minimum absolute atomic E-state index is 0.0149. The number of halogens is 1. The first-order valence-corrected chi connectivity index (χ1v) is 9.45. The van der Waals surface area contributed by atoms with E-state index in [4.69, 9.17) is 9.47 Å². The molecule has 0 spiro atoms. The van der Waals surface area contributed by atoms with Gasteiger partial charge in [0.25, 0.3) is 0 Å². The quantitative estimate of drug-likeness (QED) is 0.580. The number of hydrogen-bond donors (Lipinski definition) is 0. The van der Waals surface area contributed by atoms with Crippen molar-refractivity contribution in [1.82, 2.24) is 0 Å².